The summed E-state index contributed by atoms with van der Waals surface area (Å²) < 4.78 is 11.5. The SMILES string of the molecule is CCOc1ccccc1C(=O)NC1CCC(Oc2nc(C)cc(C)n2)CC1. The van der Waals surface area contributed by atoms with Crippen molar-refractivity contribution in [2.75, 3.05) is 6.61 Å². The third kappa shape index (κ3) is 5.18. The fourth-order valence-corrected chi connectivity index (χ4v) is 3.42. The van der Waals surface area contributed by atoms with E-state index in [4.69, 9.17) is 9.47 Å². The van der Waals surface area contributed by atoms with Crippen LogP contribution in [-0.2, 0) is 0 Å². The lowest BCUT2D eigenvalue weighted by molar-refractivity contribution is 0.0881. The third-order valence-electron chi connectivity index (χ3n) is 4.67. The molecule has 0 atom stereocenters. The van der Waals surface area contributed by atoms with Crippen molar-refractivity contribution < 1.29 is 14.3 Å². The zero-order chi connectivity index (χ0) is 19.2. The summed E-state index contributed by atoms with van der Waals surface area (Å²) >= 11 is 0. The van der Waals surface area contributed by atoms with Gasteiger partial charge in [0.25, 0.3) is 5.91 Å². The average molecular weight is 369 g/mol. The molecule has 6 heteroatoms. The van der Waals surface area contributed by atoms with Gasteiger partial charge in [-0.05, 0) is 64.7 Å². The molecule has 1 fully saturated rings. The van der Waals surface area contributed by atoms with Crippen molar-refractivity contribution in [3.8, 4) is 11.8 Å². The van der Waals surface area contributed by atoms with E-state index in [0.29, 0.717) is 23.9 Å². The van der Waals surface area contributed by atoms with Gasteiger partial charge in [-0.25, -0.2) is 9.97 Å². The van der Waals surface area contributed by atoms with Gasteiger partial charge in [-0.1, -0.05) is 12.1 Å². The zero-order valence-electron chi connectivity index (χ0n) is 16.2. The highest BCUT2D eigenvalue weighted by atomic mass is 16.5. The van der Waals surface area contributed by atoms with Gasteiger partial charge in [0.05, 0.1) is 12.2 Å². The van der Waals surface area contributed by atoms with E-state index in [1.807, 2.05) is 45.0 Å². The highest BCUT2D eigenvalue weighted by Gasteiger charge is 2.25. The van der Waals surface area contributed by atoms with Crippen molar-refractivity contribution in [2.24, 2.45) is 0 Å². The zero-order valence-corrected chi connectivity index (χ0v) is 16.2. The first-order valence-electron chi connectivity index (χ1n) is 9.56. The smallest absolute Gasteiger partial charge is 0.317 e. The van der Waals surface area contributed by atoms with E-state index < -0.39 is 0 Å². The Labute approximate surface area is 160 Å². The van der Waals surface area contributed by atoms with E-state index in [1.165, 1.54) is 0 Å². The van der Waals surface area contributed by atoms with Crippen LogP contribution in [0.4, 0.5) is 0 Å². The van der Waals surface area contributed by atoms with Crippen molar-refractivity contribution in [3.63, 3.8) is 0 Å². The van der Waals surface area contributed by atoms with Gasteiger partial charge in [-0.15, -0.1) is 0 Å². The summed E-state index contributed by atoms with van der Waals surface area (Å²) in [7, 11) is 0. The number of carbonyl (C=O) groups is 1. The second-order valence-electron chi connectivity index (χ2n) is 6.93. The molecule has 2 aromatic rings. The van der Waals surface area contributed by atoms with E-state index in [2.05, 4.69) is 15.3 Å². The first-order chi connectivity index (χ1) is 13.0. The predicted octanol–water partition coefficient (Wildman–Crippen LogP) is 3.61. The highest BCUT2D eigenvalue weighted by Crippen LogP contribution is 2.24. The largest absolute Gasteiger partial charge is 0.493 e. The fourth-order valence-electron chi connectivity index (χ4n) is 3.42. The second kappa shape index (κ2) is 8.84. The summed E-state index contributed by atoms with van der Waals surface area (Å²) in [5.74, 6) is 0.544. The average Bonchev–Trinajstić information content (AvgIpc) is 2.63. The maximum atomic E-state index is 12.6. The van der Waals surface area contributed by atoms with Crippen molar-refractivity contribution >= 4 is 5.91 Å². The number of aromatic nitrogens is 2. The molecule has 6 nitrogen and oxygen atoms in total. The first kappa shape index (κ1) is 19.1. The maximum absolute atomic E-state index is 12.6. The molecule has 1 aliphatic rings. The number of ether oxygens (including phenoxy) is 2. The van der Waals surface area contributed by atoms with E-state index in [-0.39, 0.29) is 18.1 Å². The topological polar surface area (TPSA) is 73.3 Å². The Kier molecular flexibility index (Phi) is 6.27. The number of benzene rings is 1. The summed E-state index contributed by atoms with van der Waals surface area (Å²) in [6, 6.07) is 9.88. The Morgan fingerprint density at radius 1 is 1.11 bits per heavy atom. The number of para-hydroxylation sites is 1. The van der Waals surface area contributed by atoms with Crippen molar-refractivity contribution in [2.45, 2.75) is 58.6 Å². The standard InChI is InChI=1S/C21H27N3O3/c1-4-26-19-8-6-5-7-18(19)20(25)24-16-9-11-17(12-10-16)27-21-22-14(2)13-15(3)23-21/h5-8,13,16-17H,4,9-12H2,1-3H3,(H,24,25). The number of nitrogens with one attached hydrogen (secondary N) is 1. The fraction of sp³-hybridized carbons (Fsp3) is 0.476. The summed E-state index contributed by atoms with van der Waals surface area (Å²) in [5.41, 5.74) is 2.40. The molecule has 1 aromatic heterocycles. The van der Waals surface area contributed by atoms with Gasteiger partial charge in [0.1, 0.15) is 11.9 Å². The van der Waals surface area contributed by atoms with Gasteiger partial charge >= 0.3 is 6.01 Å². The monoisotopic (exact) mass is 369 g/mol. The van der Waals surface area contributed by atoms with E-state index >= 15 is 0 Å². The molecule has 1 amide bonds. The van der Waals surface area contributed by atoms with Crippen LogP contribution in [0.25, 0.3) is 0 Å². The highest BCUT2D eigenvalue weighted by molar-refractivity contribution is 5.97. The van der Waals surface area contributed by atoms with E-state index in [1.54, 1.807) is 6.07 Å². The molecule has 1 saturated carbocycles. The Hall–Kier alpha value is -2.63. The van der Waals surface area contributed by atoms with Crippen molar-refractivity contribution in [1.29, 1.82) is 0 Å². The van der Waals surface area contributed by atoms with Gasteiger partial charge in [-0.3, -0.25) is 4.79 Å². The first-order valence-corrected chi connectivity index (χ1v) is 9.56. The van der Waals surface area contributed by atoms with Crippen LogP contribution in [0.2, 0.25) is 0 Å². The van der Waals surface area contributed by atoms with Crippen LogP contribution in [-0.4, -0.2) is 34.6 Å². The maximum Gasteiger partial charge on any atom is 0.317 e. The number of hydrogen-bond donors (Lipinski definition) is 1. The van der Waals surface area contributed by atoms with Crippen molar-refractivity contribution in [1.82, 2.24) is 15.3 Å². The normalized spacial score (nSPS) is 19.4. The lowest BCUT2D eigenvalue weighted by Gasteiger charge is -2.29. The lowest BCUT2D eigenvalue weighted by atomic mass is 9.92. The molecule has 1 aliphatic carbocycles. The minimum absolute atomic E-state index is 0.0824. The van der Waals surface area contributed by atoms with Crippen LogP contribution in [0, 0.1) is 13.8 Å². The van der Waals surface area contributed by atoms with Gasteiger partial charge < -0.3 is 14.8 Å². The molecule has 0 bridgehead atoms. The molecule has 1 aromatic carbocycles. The lowest BCUT2D eigenvalue weighted by Crippen LogP contribution is -2.40. The number of carbonyl (C=O) groups excluding carboxylic acids is 1. The Bertz CT molecular complexity index is 766. The van der Waals surface area contributed by atoms with Gasteiger partial charge in [0, 0.05) is 17.4 Å². The Morgan fingerprint density at radius 2 is 1.78 bits per heavy atom. The van der Waals surface area contributed by atoms with Crippen LogP contribution in [0.1, 0.15) is 54.4 Å². The molecule has 0 aliphatic heterocycles. The van der Waals surface area contributed by atoms with E-state index in [9.17, 15) is 4.79 Å². The molecule has 3 rings (SSSR count). The van der Waals surface area contributed by atoms with Gasteiger partial charge in [0.2, 0.25) is 0 Å². The molecule has 144 valence electrons. The molecule has 0 unspecified atom stereocenters. The predicted molar refractivity (Wildman–Crippen MR) is 103 cm³/mol. The van der Waals surface area contributed by atoms with Crippen LogP contribution < -0.4 is 14.8 Å². The number of hydrogen-bond acceptors (Lipinski definition) is 5. The minimum atomic E-state index is -0.0824. The van der Waals surface area contributed by atoms with Gasteiger partial charge in [0.15, 0.2) is 0 Å². The molecule has 1 N–H and O–H groups in total. The summed E-state index contributed by atoms with van der Waals surface area (Å²) in [6.07, 6.45) is 3.58. The Morgan fingerprint density at radius 3 is 2.44 bits per heavy atom. The molecule has 27 heavy (non-hydrogen) atoms. The van der Waals surface area contributed by atoms with E-state index in [0.717, 1.165) is 37.1 Å². The quantitative estimate of drug-likeness (QED) is 0.842. The Balaban J connectivity index is 1.53. The molecule has 1 heterocycles. The number of rotatable bonds is 6. The molecule has 0 saturated heterocycles. The molecule has 0 radical (unpaired) electrons. The molecule has 0 spiro atoms. The minimum Gasteiger partial charge on any atom is -0.493 e. The van der Waals surface area contributed by atoms with Crippen LogP contribution >= 0.6 is 0 Å². The summed E-state index contributed by atoms with van der Waals surface area (Å²) in [4.78, 5) is 21.3. The summed E-state index contributed by atoms with van der Waals surface area (Å²) in [5, 5.41) is 3.13. The van der Waals surface area contributed by atoms with Crippen molar-refractivity contribution in [3.05, 3.63) is 47.3 Å². The van der Waals surface area contributed by atoms with Crippen LogP contribution in [0.15, 0.2) is 30.3 Å². The number of nitrogens with zero attached hydrogens (tertiary/aromatic N) is 2. The second-order valence-corrected chi connectivity index (χ2v) is 6.93. The number of aryl methyl sites for hydroxylation is 2. The molecular weight excluding hydrogens is 342 g/mol. The van der Waals surface area contributed by atoms with Gasteiger partial charge in [-0.2, -0.15) is 0 Å². The van der Waals surface area contributed by atoms with Crippen LogP contribution in [0.5, 0.6) is 11.8 Å². The molecular formula is C21H27N3O3. The summed E-state index contributed by atoms with van der Waals surface area (Å²) in [6.45, 7) is 6.32. The third-order valence-corrected chi connectivity index (χ3v) is 4.67. The van der Waals surface area contributed by atoms with Crippen LogP contribution in [0.3, 0.4) is 0 Å². The number of amides is 1.